The molecule has 0 bridgehead atoms. The number of hydrogen-bond acceptors (Lipinski definition) is 6. The van der Waals surface area contributed by atoms with Crippen molar-refractivity contribution in [3.05, 3.63) is 42.0 Å². The lowest BCUT2D eigenvalue weighted by Gasteiger charge is -2.22. The lowest BCUT2D eigenvalue weighted by molar-refractivity contribution is -0.117. The van der Waals surface area contributed by atoms with Crippen LogP contribution in [-0.2, 0) is 4.79 Å². The average Bonchev–Trinajstić information content (AvgIpc) is 3.16. The molecule has 0 aliphatic carbocycles. The molecule has 6 nitrogen and oxygen atoms in total. The average molecular weight is 415 g/mol. The van der Waals surface area contributed by atoms with Gasteiger partial charge in [-0.2, -0.15) is 4.39 Å². The van der Waals surface area contributed by atoms with Crippen LogP contribution in [0.4, 0.5) is 16.0 Å². The number of ketones is 1. The van der Waals surface area contributed by atoms with Crippen molar-refractivity contribution in [1.82, 2.24) is 9.97 Å². The molecule has 0 amide bonds. The van der Waals surface area contributed by atoms with Crippen molar-refractivity contribution in [3.8, 4) is 5.75 Å². The Labute approximate surface area is 178 Å². The second-order valence-corrected chi connectivity index (χ2v) is 8.11. The second kappa shape index (κ2) is 9.87. The molecule has 0 radical (unpaired) electrons. The number of rotatable bonds is 9. The first-order valence-corrected chi connectivity index (χ1v) is 10.6. The Morgan fingerprint density at radius 1 is 1.33 bits per heavy atom. The molecule has 0 N–H and O–H groups in total. The van der Waals surface area contributed by atoms with Gasteiger partial charge in [-0.15, -0.1) is 0 Å². The third-order valence-electron chi connectivity index (χ3n) is 5.46. The number of Topliss-reactive ketones (excluding diaryl/α,β-unsaturated/α-hetero) is 1. The van der Waals surface area contributed by atoms with Gasteiger partial charge in [0.05, 0.1) is 6.54 Å². The molecule has 1 aliphatic heterocycles. The number of hydrogen-bond donors (Lipinski definition) is 0. The van der Waals surface area contributed by atoms with Crippen LogP contribution in [0.5, 0.6) is 5.75 Å². The number of benzene rings is 1. The zero-order chi connectivity index (χ0) is 21.7. The van der Waals surface area contributed by atoms with Crippen molar-refractivity contribution < 1.29 is 13.9 Å². The van der Waals surface area contributed by atoms with Gasteiger partial charge in [-0.25, -0.2) is 9.97 Å². The molecule has 2 heterocycles. The number of carbonyl (C=O) groups excluding carboxylic acids is 1. The molecule has 162 valence electrons. The van der Waals surface area contributed by atoms with Gasteiger partial charge in [-0.1, -0.05) is 26.0 Å². The summed E-state index contributed by atoms with van der Waals surface area (Å²) in [5, 5.41) is 0. The second-order valence-electron chi connectivity index (χ2n) is 8.11. The molecule has 7 heteroatoms. The molecule has 30 heavy (non-hydrogen) atoms. The van der Waals surface area contributed by atoms with Gasteiger partial charge in [-0.3, -0.25) is 0 Å². The number of aromatic nitrogens is 2. The predicted octanol–water partition coefficient (Wildman–Crippen LogP) is 4.20. The molecule has 0 unspecified atom stereocenters. The van der Waals surface area contributed by atoms with Crippen molar-refractivity contribution >= 4 is 17.4 Å². The Morgan fingerprint density at radius 3 is 2.73 bits per heavy atom. The molecule has 1 saturated heterocycles. The van der Waals surface area contributed by atoms with Gasteiger partial charge in [0.25, 0.3) is 0 Å². The summed E-state index contributed by atoms with van der Waals surface area (Å²) in [6.07, 6.45) is 3.65. The van der Waals surface area contributed by atoms with Crippen molar-refractivity contribution in [2.75, 3.05) is 36.5 Å². The first-order chi connectivity index (χ1) is 14.4. The molecule has 2 aromatic rings. The van der Waals surface area contributed by atoms with Gasteiger partial charge >= 0.3 is 0 Å². The summed E-state index contributed by atoms with van der Waals surface area (Å²) in [4.78, 5) is 23.4. The van der Waals surface area contributed by atoms with E-state index in [0.29, 0.717) is 31.1 Å². The summed E-state index contributed by atoms with van der Waals surface area (Å²) in [6, 6.07) is 7.90. The van der Waals surface area contributed by atoms with Crippen LogP contribution in [0.15, 0.2) is 30.6 Å². The third kappa shape index (κ3) is 5.26. The monoisotopic (exact) mass is 414 g/mol. The maximum atomic E-state index is 15.0. The molecule has 3 rings (SSSR count). The molecular formula is C23H31FN4O2. The third-order valence-corrected chi connectivity index (χ3v) is 5.46. The smallest absolute Gasteiger partial charge is 0.208 e. The van der Waals surface area contributed by atoms with Crippen molar-refractivity contribution in [2.24, 2.45) is 0 Å². The Morgan fingerprint density at radius 2 is 2.07 bits per heavy atom. The largest absolute Gasteiger partial charge is 0.489 e. The minimum atomic E-state index is -0.377. The lowest BCUT2D eigenvalue weighted by Crippen LogP contribution is -2.28. The van der Waals surface area contributed by atoms with E-state index in [1.165, 1.54) is 6.33 Å². The maximum Gasteiger partial charge on any atom is 0.208 e. The molecule has 1 aromatic carbocycles. The molecule has 1 aromatic heterocycles. The molecule has 1 fully saturated rings. The van der Waals surface area contributed by atoms with E-state index in [-0.39, 0.29) is 23.6 Å². The number of ether oxygens (including phenoxy) is 1. The van der Waals surface area contributed by atoms with E-state index in [4.69, 9.17) is 4.74 Å². The fourth-order valence-electron chi connectivity index (χ4n) is 3.91. The number of nitrogens with zero attached hydrogens (tertiary/aromatic N) is 4. The van der Waals surface area contributed by atoms with Crippen LogP contribution in [0.2, 0.25) is 0 Å². The predicted molar refractivity (Wildman–Crippen MR) is 117 cm³/mol. The van der Waals surface area contributed by atoms with E-state index in [1.54, 1.807) is 6.92 Å². The fraction of sp³-hybridized carbons (Fsp3) is 0.522. The SMILES string of the molecule is CCCN(C)c1ncnc(N2CC[C@@H](Oc3ccc([C@H](C)CC(C)=O)cc3)C2)c1F. The maximum absolute atomic E-state index is 15.0. The minimum Gasteiger partial charge on any atom is -0.489 e. The molecular weight excluding hydrogens is 383 g/mol. The van der Waals surface area contributed by atoms with E-state index in [9.17, 15) is 9.18 Å². The highest BCUT2D eigenvalue weighted by atomic mass is 19.1. The number of anilines is 2. The summed E-state index contributed by atoms with van der Waals surface area (Å²) in [6.45, 7) is 7.71. The normalized spacial score (nSPS) is 17.1. The lowest BCUT2D eigenvalue weighted by atomic mass is 9.96. The van der Waals surface area contributed by atoms with Crippen LogP contribution in [-0.4, -0.2) is 48.5 Å². The zero-order valence-electron chi connectivity index (χ0n) is 18.3. The van der Waals surface area contributed by atoms with Gasteiger partial charge in [0.1, 0.15) is 24.0 Å². The van der Waals surface area contributed by atoms with Crippen molar-refractivity contribution in [2.45, 2.75) is 52.1 Å². The first kappa shape index (κ1) is 22.0. The number of carbonyl (C=O) groups is 1. The summed E-state index contributed by atoms with van der Waals surface area (Å²) in [5.41, 5.74) is 1.12. The van der Waals surface area contributed by atoms with Gasteiger partial charge in [0.15, 0.2) is 11.6 Å². The summed E-state index contributed by atoms with van der Waals surface area (Å²) in [5.74, 6) is 1.46. The zero-order valence-corrected chi connectivity index (χ0v) is 18.3. The van der Waals surface area contributed by atoms with Gasteiger partial charge < -0.3 is 19.3 Å². The van der Waals surface area contributed by atoms with E-state index < -0.39 is 0 Å². The molecule has 0 spiro atoms. The highest BCUT2D eigenvalue weighted by Gasteiger charge is 2.28. The Hall–Kier alpha value is -2.70. The summed E-state index contributed by atoms with van der Waals surface area (Å²) >= 11 is 0. The highest BCUT2D eigenvalue weighted by molar-refractivity contribution is 5.76. The van der Waals surface area contributed by atoms with Crippen LogP contribution >= 0.6 is 0 Å². The van der Waals surface area contributed by atoms with Crippen LogP contribution in [0, 0.1) is 5.82 Å². The van der Waals surface area contributed by atoms with Gasteiger partial charge in [0.2, 0.25) is 5.82 Å². The van der Waals surface area contributed by atoms with Gasteiger partial charge in [-0.05, 0) is 37.0 Å². The minimum absolute atomic E-state index is 0.0309. The Kier molecular flexibility index (Phi) is 7.24. The van der Waals surface area contributed by atoms with E-state index >= 15 is 0 Å². The fourth-order valence-corrected chi connectivity index (χ4v) is 3.91. The molecule has 0 saturated carbocycles. The number of halogens is 1. The standard InChI is InChI=1S/C23H31FN4O2/c1-5-11-27(4)22-21(24)23(26-15-25-22)28-12-10-20(14-28)30-19-8-6-18(7-9-19)16(2)13-17(3)29/h6-9,15-16,20H,5,10-14H2,1-4H3/t16-,20-/m1/s1. The first-order valence-electron chi connectivity index (χ1n) is 10.6. The quantitative estimate of drug-likeness (QED) is 0.613. The molecule has 1 aliphatic rings. The van der Waals surface area contributed by atoms with Crippen molar-refractivity contribution in [3.63, 3.8) is 0 Å². The van der Waals surface area contributed by atoms with Crippen LogP contribution in [0.1, 0.15) is 51.5 Å². The Bertz CT molecular complexity index is 859. The highest BCUT2D eigenvalue weighted by Crippen LogP contribution is 2.28. The molecule has 2 atom stereocenters. The topological polar surface area (TPSA) is 58.6 Å². The van der Waals surface area contributed by atoms with E-state index in [2.05, 4.69) is 23.8 Å². The summed E-state index contributed by atoms with van der Waals surface area (Å²) < 4.78 is 21.1. The van der Waals surface area contributed by atoms with Crippen LogP contribution in [0.25, 0.3) is 0 Å². The van der Waals surface area contributed by atoms with E-state index in [1.807, 2.05) is 41.1 Å². The van der Waals surface area contributed by atoms with Crippen LogP contribution in [0.3, 0.4) is 0 Å². The van der Waals surface area contributed by atoms with Gasteiger partial charge in [0, 0.05) is 33.0 Å². The van der Waals surface area contributed by atoms with Crippen LogP contribution < -0.4 is 14.5 Å². The summed E-state index contributed by atoms with van der Waals surface area (Å²) in [7, 11) is 1.84. The Balaban J connectivity index is 1.62. The van der Waals surface area contributed by atoms with Crippen molar-refractivity contribution in [1.29, 1.82) is 0 Å². The van der Waals surface area contributed by atoms with E-state index in [0.717, 1.165) is 30.7 Å².